The van der Waals surface area contributed by atoms with Gasteiger partial charge in [-0.3, -0.25) is 0 Å². The van der Waals surface area contributed by atoms with Crippen LogP contribution in [0.3, 0.4) is 0 Å². The molecule has 0 aliphatic heterocycles. The number of allylic oxidation sites excluding steroid dienone is 4. The largest absolute Gasteiger partial charge is 0.478 e. The molecule has 0 unspecified atom stereocenters. The summed E-state index contributed by atoms with van der Waals surface area (Å²) < 4.78 is 0. The van der Waals surface area contributed by atoms with E-state index in [1.807, 2.05) is 13.8 Å². The molecule has 0 aliphatic rings. The maximum Gasteiger partial charge on any atom is 0.335 e. The van der Waals surface area contributed by atoms with E-state index in [4.69, 9.17) is 5.11 Å². The van der Waals surface area contributed by atoms with Crippen molar-refractivity contribution in [1.29, 1.82) is 0 Å². The molecule has 15 heavy (non-hydrogen) atoms. The molecule has 0 fully saturated rings. The number of carbonyl (C=O) groups is 1. The van der Waals surface area contributed by atoms with Crippen molar-refractivity contribution >= 4 is 5.97 Å². The lowest BCUT2D eigenvalue weighted by atomic mass is 9.97. The van der Waals surface area contributed by atoms with E-state index in [1.165, 1.54) is 0 Å². The van der Waals surface area contributed by atoms with Crippen LogP contribution < -0.4 is 0 Å². The number of carboxylic acid groups (broad SMARTS) is 1. The molecule has 2 heteroatoms. The molecule has 2 nitrogen and oxygen atoms in total. The van der Waals surface area contributed by atoms with Crippen molar-refractivity contribution in [3.8, 4) is 0 Å². The summed E-state index contributed by atoms with van der Waals surface area (Å²) in [4.78, 5) is 10.8. The van der Waals surface area contributed by atoms with Gasteiger partial charge in [-0.25, -0.2) is 4.79 Å². The topological polar surface area (TPSA) is 37.3 Å². The zero-order valence-corrected chi connectivity index (χ0v) is 9.63. The third-order valence-electron chi connectivity index (χ3n) is 2.13. The molecule has 0 aromatic carbocycles. The van der Waals surface area contributed by atoms with Crippen molar-refractivity contribution in [2.24, 2.45) is 0 Å². The monoisotopic (exact) mass is 206 g/mol. The lowest BCUT2D eigenvalue weighted by Gasteiger charge is -2.08. The van der Waals surface area contributed by atoms with Crippen LogP contribution in [0.15, 0.2) is 47.6 Å². The third-order valence-corrected chi connectivity index (χ3v) is 2.13. The molecule has 0 amide bonds. The minimum atomic E-state index is -0.930. The van der Waals surface area contributed by atoms with Gasteiger partial charge in [0.2, 0.25) is 0 Å². The Labute approximate surface area is 91.3 Å². The van der Waals surface area contributed by atoms with Gasteiger partial charge in [-0.2, -0.15) is 0 Å². The minimum Gasteiger partial charge on any atom is -0.478 e. The first-order valence-corrected chi connectivity index (χ1v) is 4.89. The average molecular weight is 206 g/mol. The molecule has 0 heterocycles. The van der Waals surface area contributed by atoms with E-state index >= 15 is 0 Å². The second kappa shape index (κ2) is 6.02. The van der Waals surface area contributed by atoms with Gasteiger partial charge in [0.05, 0.1) is 5.57 Å². The Hall–Kier alpha value is -1.57. The normalized spacial score (nSPS) is 12.5. The Morgan fingerprint density at radius 2 is 1.93 bits per heavy atom. The number of hydrogen-bond donors (Lipinski definition) is 1. The van der Waals surface area contributed by atoms with E-state index in [0.717, 1.165) is 23.1 Å². The van der Waals surface area contributed by atoms with E-state index in [0.29, 0.717) is 0 Å². The van der Waals surface area contributed by atoms with Gasteiger partial charge in [0.15, 0.2) is 0 Å². The summed E-state index contributed by atoms with van der Waals surface area (Å²) in [5, 5.41) is 8.89. The van der Waals surface area contributed by atoms with Crippen molar-refractivity contribution in [2.75, 3.05) is 0 Å². The van der Waals surface area contributed by atoms with Crippen LogP contribution in [0, 0.1) is 0 Å². The van der Waals surface area contributed by atoms with Gasteiger partial charge in [0, 0.05) is 0 Å². The Morgan fingerprint density at radius 3 is 2.20 bits per heavy atom. The molecule has 0 aromatic heterocycles. The first-order chi connectivity index (χ1) is 6.93. The average Bonchev–Trinajstić information content (AvgIpc) is 2.17. The van der Waals surface area contributed by atoms with Gasteiger partial charge in [-0.15, -0.1) is 0 Å². The summed E-state index contributed by atoms with van der Waals surface area (Å²) in [6, 6.07) is 0. The fraction of sp³-hybridized carbons (Fsp3) is 0.308. The number of rotatable bonds is 5. The molecular weight excluding hydrogens is 188 g/mol. The van der Waals surface area contributed by atoms with Crippen LogP contribution in [0.2, 0.25) is 0 Å². The highest BCUT2D eigenvalue weighted by Crippen LogP contribution is 2.20. The van der Waals surface area contributed by atoms with E-state index in [1.54, 1.807) is 19.1 Å². The van der Waals surface area contributed by atoms with Crippen molar-refractivity contribution in [3.63, 3.8) is 0 Å². The van der Waals surface area contributed by atoms with Crippen molar-refractivity contribution in [3.05, 3.63) is 47.6 Å². The van der Waals surface area contributed by atoms with Gasteiger partial charge in [0.1, 0.15) is 0 Å². The third kappa shape index (κ3) is 3.98. The van der Waals surface area contributed by atoms with E-state index in [2.05, 4.69) is 13.2 Å². The summed E-state index contributed by atoms with van der Waals surface area (Å²) in [6.45, 7) is 13.2. The fourth-order valence-corrected chi connectivity index (χ4v) is 1.14. The Bertz CT molecular complexity index is 344. The molecule has 1 N–H and O–H groups in total. The van der Waals surface area contributed by atoms with Crippen molar-refractivity contribution in [2.45, 2.75) is 27.2 Å². The molecule has 0 rings (SSSR count). The Morgan fingerprint density at radius 1 is 1.40 bits per heavy atom. The zero-order chi connectivity index (χ0) is 12.0. The van der Waals surface area contributed by atoms with Crippen LogP contribution in [0.1, 0.15) is 27.2 Å². The van der Waals surface area contributed by atoms with Gasteiger partial charge in [-0.05, 0) is 37.5 Å². The highest BCUT2D eigenvalue weighted by molar-refractivity contribution is 5.90. The second-order valence-corrected chi connectivity index (χ2v) is 3.34. The van der Waals surface area contributed by atoms with Crippen LogP contribution >= 0.6 is 0 Å². The molecule has 0 aliphatic carbocycles. The lowest BCUT2D eigenvalue weighted by Crippen LogP contribution is -2.00. The maximum atomic E-state index is 10.8. The summed E-state index contributed by atoms with van der Waals surface area (Å²) in [5.74, 6) is -0.930. The molecule has 0 spiro atoms. The van der Waals surface area contributed by atoms with Gasteiger partial charge >= 0.3 is 5.97 Å². The molecule has 0 saturated carbocycles. The highest BCUT2D eigenvalue weighted by Gasteiger charge is 2.07. The minimum absolute atomic E-state index is 0.266. The first kappa shape index (κ1) is 13.4. The number of carboxylic acids is 1. The van der Waals surface area contributed by atoms with Crippen LogP contribution in [-0.4, -0.2) is 11.1 Å². The lowest BCUT2D eigenvalue weighted by molar-refractivity contribution is -0.132. The van der Waals surface area contributed by atoms with Gasteiger partial charge in [0.25, 0.3) is 0 Å². The predicted molar refractivity (Wildman–Crippen MR) is 63.7 cm³/mol. The Kier molecular flexibility index (Phi) is 5.39. The maximum absolute atomic E-state index is 10.8. The second-order valence-electron chi connectivity index (χ2n) is 3.34. The van der Waals surface area contributed by atoms with Crippen molar-refractivity contribution in [1.82, 2.24) is 0 Å². The van der Waals surface area contributed by atoms with E-state index in [-0.39, 0.29) is 5.57 Å². The quantitative estimate of drug-likeness (QED) is 0.552. The highest BCUT2D eigenvalue weighted by atomic mass is 16.4. The molecule has 0 atom stereocenters. The van der Waals surface area contributed by atoms with E-state index < -0.39 is 5.97 Å². The van der Waals surface area contributed by atoms with Gasteiger partial charge < -0.3 is 5.11 Å². The van der Waals surface area contributed by atoms with Gasteiger partial charge in [-0.1, -0.05) is 31.7 Å². The van der Waals surface area contributed by atoms with Crippen LogP contribution in [-0.2, 0) is 4.79 Å². The van der Waals surface area contributed by atoms with Crippen LogP contribution in [0.25, 0.3) is 0 Å². The predicted octanol–water partition coefficient (Wildman–Crippen LogP) is 3.49. The Balaban J connectivity index is 5.25. The zero-order valence-electron chi connectivity index (χ0n) is 9.63. The molecule has 0 bridgehead atoms. The summed E-state index contributed by atoms with van der Waals surface area (Å²) in [6.07, 6.45) is 3.97. The molecule has 0 saturated heterocycles. The molecular formula is C13H18O2. The number of aliphatic carboxylic acids is 1. The van der Waals surface area contributed by atoms with Crippen molar-refractivity contribution < 1.29 is 9.90 Å². The number of hydrogen-bond acceptors (Lipinski definition) is 1. The SMILES string of the molecule is C=C(C)/C(=C/C(=C\C)C(=O)O)C(=C)CC. The van der Waals surface area contributed by atoms with E-state index in [9.17, 15) is 4.79 Å². The first-order valence-electron chi connectivity index (χ1n) is 4.89. The smallest absolute Gasteiger partial charge is 0.335 e. The standard InChI is InChI=1S/C13H18O2/c1-6-10(5)12(9(3)4)8-11(7-2)13(14)15/h7-8H,3,5-6H2,1-2,4H3,(H,14,15)/b11-7+,12-8-. The summed E-state index contributed by atoms with van der Waals surface area (Å²) in [7, 11) is 0. The molecule has 0 aromatic rings. The van der Waals surface area contributed by atoms with Crippen LogP contribution in [0.5, 0.6) is 0 Å². The fourth-order valence-electron chi connectivity index (χ4n) is 1.14. The molecule has 0 radical (unpaired) electrons. The summed E-state index contributed by atoms with van der Waals surface area (Å²) in [5.41, 5.74) is 2.83. The van der Waals surface area contributed by atoms with Crippen LogP contribution in [0.4, 0.5) is 0 Å². The molecule has 82 valence electrons. The summed E-state index contributed by atoms with van der Waals surface area (Å²) >= 11 is 0.